The number of aryl methyl sites for hydroxylation is 1. The summed E-state index contributed by atoms with van der Waals surface area (Å²) in [6, 6.07) is 16.6. The Morgan fingerprint density at radius 1 is 1.15 bits per heavy atom. The van der Waals surface area contributed by atoms with Crippen molar-refractivity contribution in [2.45, 2.75) is 32.7 Å². The second kappa shape index (κ2) is 7.95. The van der Waals surface area contributed by atoms with Crippen molar-refractivity contribution in [3.05, 3.63) is 83.4 Å². The molecule has 1 amide bonds. The Labute approximate surface area is 152 Å². The molecule has 26 heavy (non-hydrogen) atoms. The number of hydrogen-bond donors (Lipinski definition) is 1. The zero-order valence-corrected chi connectivity index (χ0v) is 14.9. The monoisotopic (exact) mass is 351 g/mol. The number of carbonyl (C=O) groups excluding carboxylic acids is 1. The molecule has 4 nitrogen and oxygen atoms in total. The summed E-state index contributed by atoms with van der Waals surface area (Å²) in [6.07, 6.45) is 3.23. The summed E-state index contributed by atoms with van der Waals surface area (Å²) < 4.78 is 15.4. The molecule has 5 heteroatoms. The summed E-state index contributed by atoms with van der Waals surface area (Å²) in [5.74, 6) is -0.562. The minimum atomic E-state index is -0.373. The molecule has 1 aromatic heterocycles. The van der Waals surface area contributed by atoms with Crippen LogP contribution in [0.2, 0.25) is 0 Å². The topological polar surface area (TPSA) is 46.9 Å². The van der Waals surface area contributed by atoms with Crippen molar-refractivity contribution < 1.29 is 9.18 Å². The summed E-state index contributed by atoms with van der Waals surface area (Å²) >= 11 is 0. The largest absolute Gasteiger partial charge is 0.349 e. The van der Waals surface area contributed by atoms with Crippen LogP contribution in [-0.4, -0.2) is 21.7 Å². The highest BCUT2D eigenvalue weighted by molar-refractivity contribution is 5.95. The van der Waals surface area contributed by atoms with Gasteiger partial charge in [0.1, 0.15) is 11.5 Å². The lowest BCUT2D eigenvalue weighted by Crippen LogP contribution is -2.33. The molecule has 0 aliphatic heterocycles. The highest BCUT2D eigenvalue weighted by atomic mass is 19.1. The molecule has 0 radical (unpaired) electrons. The van der Waals surface area contributed by atoms with Gasteiger partial charge in [-0.3, -0.25) is 4.79 Å². The summed E-state index contributed by atoms with van der Waals surface area (Å²) in [5, 5.41) is 7.19. The fourth-order valence-electron chi connectivity index (χ4n) is 2.90. The maximum absolute atomic E-state index is 14.0. The molecule has 1 atom stereocenters. The second-order valence-electron chi connectivity index (χ2n) is 6.41. The molecule has 0 saturated carbocycles. The van der Waals surface area contributed by atoms with Crippen LogP contribution in [0.5, 0.6) is 0 Å². The minimum absolute atomic E-state index is 0.0268. The Balaban J connectivity index is 1.66. The van der Waals surface area contributed by atoms with E-state index in [1.807, 2.05) is 25.1 Å². The Morgan fingerprint density at radius 2 is 1.85 bits per heavy atom. The van der Waals surface area contributed by atoms with Gasteiger partial charge >= 0.3 is 0 Å². The SMILES string of the molecule is Cc1c(C(=O)NC(C)CCc2ccccc2)cnn1-c1ccccc1F. The van der Waals surface area contributed by atoms with Gasteiger partial charge in [0.25, 0.3) is 5.91 Å². The molecule has 2 aromatic carbocycles. The number of para-hydroxylation sites is 1. The third-order valence-corrected chi connectivity index (χ3v) is 4.42. The predicted octanol–water partition coefficient (Wildman–Crippen LogP) is 4.07. The zero-order chi connectivity index (χ0) is 18.5. The molecule has 1 unspecified atom stereocenters. The van der Waals surface area contributed by atoms with Crippen LogP contribution >= 0.6 is 0 Å². The number of amides is 1. The van der Waals surface area contributed by atoms with Gasteiger partial charge in [-0.05, 0) is 44.4 Å². The number of nitrogens with zero attached hydrogens (tertiary/aromatic N) is 2. The molecule has 3 aromatic rings. The van der Waals surface area contributed by atoms with Gasteiger partial charge in [-0.15, -0.1) is 0 Å². The smallest absolute Gasteiger partial charge is 0.254 e. The number of nitrogens with one attached hydrogen (secondary N) is 1. The molecule has 0 saturated heterocycles. The first-order valence-electron chi connectivity index (χ1n) is 8.70. The van der Waals surface area contributed by atoms with Gasteiger partial charge in [0.15, 0.2) is 0 Å². The van der Waals surface area contributed by atoms with Gasteiger partial charge in [-0.25, -0.2) is 9.07 Å². The number of rotatable bonds is 6. The third kappa shape index (κ3) is 3.99. The van der Waals surface area contributed by atoms with Crippen molar-refractivity contribution in [3.8, 4) is 5.69 Å². The summed E-state index contributed by atoms with van der Waals surface area (Å²) in [6.45, 7) is 3.75. The van der Waals surface area contributed by atoms with Gasteiger partial charge in [0, 0.05) is 6.04 Å². The zero-order valence-electron chi connectivity index (χ0n) is 14.9. The Bertz CT molecular complexity index is 889. The van der Waals surface area contributed by atoms with Crippen LogP contribution in [0.3, 0.4) is 0 Å². The molecule has 3 rings (SSSR count). The van der Waals surface area contributed by atoms with E-state index in [4.69, 9.17) is 0 Å². The van der Waals surface area contributed by atoms with Crippen LogP contribution in [0.15, 0.2) is 60.8 Å². The summed E-state index contributed by atoms with van der Waals surface area (Å²) in [4.78, 5) is 12.6. The average molecular weight is 351 g/mol. The van der Waals surface area contributed by atoms with Crippen molar-refractivity contribution in [2.75, 3.05) is 0 Å². The molecular weight excluding hydrogens is 329 g/mol. The van der Waals surface area contributed by atoms with E-state index in [9.17, 15) is 9.18 Å². The minimum Gasteiger partial charge on any atom is -0.349 e. The van der Waals surface area contributed by atoms with E-state index < -0.39 is 0 Å². The first-order valence-corrected chi connectivity index (χ1v) is 8.70. The normalized spacial score (nSPS) is 12.0. The number of carbonyl (C=O) groups is 1. The van der Waals surface area contributed by atoms with Crippen LogP contribution < -0.4 is 5.32 Å². The molecular formula is C21H22FN3O. The van der Waals surface area contributed by atoms with Gasteiger partial charge in [0.2, 0.25) is 0 Å². The van der Waals surface area contributed by atoms with E-state index in [0.29, 0.717) is 16.9 Å². The van der Waals surface area contributed by atoms with E-state index >= 15 is 0 Å². The molecule has 134 valence electrons. The van der Waals surface area contributed by atoms with Gasteiger partial charge < -0.3 is 5.32 Å². The van der Waals surface area contributed by atoms with Gasteiger partial charge in [0.05, 0.1) is 17.5 Å². The molecule has 0 spiro atoms. The van der Waals surface area contributed by atoms with Crippen molar-refractivity contribution in [3.63, 3.8) is 0 Å². The van der Waals surface area contributed by atoms with Crippen LogP contribution in [0, 0.1) is 12.7 Å². The number of benzene rings is 2. The molecule has 1 heterocycles. The third-order valence-electron chi connectivity index (χ3n) is 4.42. The first-order chi connectivity index (χ1) is 12.6. The fraction of sp³-hybridized carbons (Fsp3) is 0.238. The Morgan fingerprint density at radius 3 is 2.58 bits per heavy atom. The van der Waals surface area contributed by atoms with Crippen molar-refractivity contribution in [1.82, 2.24) is 15.1 Å². The van der Waals surface area contributed by atoms with Crippen LogP contribution in [0.4, 0.5) is 4.39 Å². The maximum Gasteiger partial charge on any atom is 0.254 e. The van der Waals surface area contributed by atoms with E-state index in [0.717, 1.165) is 12.8 Å². The molecule has 1 N–H and O–H groups in total. The molecule has 0 aliphatic carbocycles. The standard InChI is InChI=1S/C21H22FN3O/c1-15(12-13-17-8-4-3-5-9-17)24-21(26)18-14-23-25(16(18)2)20-11-7-6-10-19(20)22/h3-11,14-15H,12-13H2,1-2H3,(H,24,26). The van der Waals surface area contributed by atoms with Crippen molar-refractivity contribution in [2.24, 2.45) is 0 Å². The highest BCUT2D eigenvalue weighted by Crippen LogP contribution is 2.17. The van der Waals surface area contributed by atoms with Crippen molar-refractivity contribution in [1.29, 1.82) is 0 Å². The van der Waals surface area contributed by atoms with Gasteiger partial charge in [-0.2, -0.15) is 5.10 Å². The molecule has 0 aliphatic rings. The Hall–Kier alpha value is -2.95. The summed E-state index contributed by atoms with van der Waals surface area (Å²) in [7, 11) is 0. The lowest BCUT2D eigenvalue weighted by atomic mass is 10.1. The number of hydrogen-bond acceptors (Lipinski definition) is 2. The predicted molar refractivity (Wildman–Crippen MR) is 100.0 cm³/mol. The van der Waals surface area contributed by atoms with Crippen LogP contribution in [-0.2, 0) is 6.42 Å². The average Bonchev–Trinajstić information content (AvgIpc) is 3.03. The first kappa shape index (κ1) is 17.9. The van der Waals surface area contributed by atoms with Gasteiger partial charge in [-0.1, -0.05) is 42.5 Å². The quantitative estimate of drug-likeness (QED) is 0.728. The number of halogens is 1. The maximum atomic E-state index is 14.0. The van der Waals surface area contributed by atoms with Crippen molar-refractivity contribution >= 4 is 5.91 Å². The van der Waals surface area contributed by atoms with Crippen LogP contribution in [0.1, 0.15) is 35.0 Å². The lowest BCUT2D eigenvalue weighted by Gasteiger charge is -2.14. The van der Waals surface area contributed by atoms with E-state index in [1.54, 1.807) is 25.1 Å². The molecule has 0 bridgehead atoms. The van der Waals surface area contributed by atoms with E-state index in [-0.39, 0.29) is 17.8 Å². The highest BCUT2D eigenvalue weighted by Gasteiger charge is 2.18. The van der Waals surface area contributed by atoms with E-state index in [2.05, 4.69) is 22.5 Å². The van der Waals surface area contributed by atoms with E-state index in [1.165, 1.54) is 22.5 Å². The number of aromatic nitrogens is 2. The summed E-state index contributed by atoms with van der Waals surface area (Å²) in [5.41, 5.74) is 2.65. The van der Waals surface area contributed by atoms with Crippen LogP contribution in [0.25, 0.3) is 5.69 Å². The second-order valence-corrected chi connectivity index (χ2v) is 6.41. The fourth-order valence-corrected chi connectivity index (χ4v) is 2.90. The molecule has 0 fully saturated rings. The lowest BCUT2D eigenvalue weighted by molar-refractivity contribution is 0.0938. The Kier molecular flexibility index (Phi) is 5.46.